The highest BCUT2D eigenvalue weighted by Gasteiger charge is 2.13. The van der Waals surface area contributed by atoms with Gasteiger partial charge >= 0.3 is 0 Å². The van der Waals surface area contributed by atoms with Gasteiger partial charge in [0, 0.05) is 13.0 Å². The van der Waals surface area contributed by atoms with Crippen molar-refractivity contribution in [1.29, 1.82) is 0 Å². The second-order valence-corrected chi connectivity index (χ2v) is 6.72. The number of aromatic nitrogens is 2. The third-order valence-corrected chi connectivity index (χ3v) is 4.47. The zero-order valence-corrected chi connectivity index (χ0v) is 15.5. The van der Waals surface area contributed by atoms with Crippen molar-refractivity contribution >= 4 is 11.0 Å². The normalized spacial score (nSPS) is 11.2. The zero-order chi connectivity index (χ0) is 17.8. The summed E-state index contributed by atoms with van der Waals surface area (Å²) < 4.78 is 13.1. The Morgan fingerprint density at radius 1 is 1.00 bits per heavy atom. The van der Waals surface area contributed by atoms with Crippen LogP contribution in [0.15, 0.2) is 42.5 Å². The molecule has 0 amide bonds. The summed E-state index contributed by atoms with van der Waals surface area (Å²) in [6.45, 7) is 5.50. The Hall–Kier alpha value is -2.49. The first-order valence-electron chi connectivity index (χ1n) is 8.77. The van der Waals surface area contributed by atoms with Crippen LogP contribution < -0.4 is 9.47 Å². The summed E-state index contributed by atoms with van der Waals surface area (Å²) in [4.78, 5) is 4.87. The van der Waals surface area contributed by atoms with Gasteiger partial charge in [0.2, 0.25) is 0 Å². The molecule has 0 aliphatic carbocycles. The number of hydrogen-bond acceptors (Lipinski definition) is 3. The molecule has 0 N–H and O–H groups in total. The molecule has 3 aromatic rings. The van der Waals surface area contributed by atoms with E-state index in [-0.39, 0.29) is 0 Å². The number of para-hydroxylation sites is 2. The number of hydrogen-bond donors (Lipinski definition) is 0. The second kappa shape index (κ2) is 7.60. The predicted molar refractivity (Wildman–Crippen MR) is 102 cm³/mol. The van der Waals surface area contributed by atoms with Crippen LogP contribution in [0.2, 0.25) is 0 Å². The third kappa shape index (κ3) is 3.78. The molecular formula is C21H26N2O2. The average Bonchev–Trinajstić information content (AvgIpc) is 2.96. The minimum atomic E-state index is 0.662. The largest absolute Gasteiger partial charge is 0.493 e. The van der Waals surface area contributed by atoms with E-state index in [9.17, 15) is 0 Å². The van der Waals surface area contributed by atoms with Crippen LogP contribution in [0.3, 0.4) is 0 Å². The molecule has 0 radical (unpaired) electrons. The molecule has 1 heterocycles. The van der Waals surface area contributed by atoms with Gasteiger partial charge < -0.3 is 14.0 Å². The zero-order valence-electron chi connectivity index (χ0n) is 15.5. The topological polar surface area (TPSA) is 36.3 Å². The summed E-state index contributed by atoms with van der Waals surface area (Å²) in [7, 11) is 3.32. The third-order valence-electron chi connectivity index (χ3n) is 4.47. The highest BCUT2D eigenvalue weighted by atomic mass is 16.5. The molecule has 0 atom stereocenters. The van der Waals surface area contributed by atoms with Crippen molar-refractivity contribution in [2.24, 2.45) is 5.92 Å². The fourth-order valence-electron chi connectivity index (χ4n) is 3.07. The van der Waals surface area contributed by atoms with Crippen molar-refractivity contribution < 1.29 is 9.47 Å². The summed E-state index contributed by atoms with van der Waals surface area (Å²) in [5.41, 5.74) is 3.43. The van der Waals surface area contributed by atoms with E-state index in [1.54, 1.807) is 14.2 Å². The number of ether oxygens (including phenoxy) is 2. The van der Waals surface area contributed by atoms with Gasteiger partial charge in [-0.3, -0.25) is 0 Å². The van der Waals surface area contributed by atoms with Gasteiger partial charge in [-0.1, -0.05) is 32.0 Å². The van der Waals surface area contributed by atoms with Crippen molar-refractivity contribution in [2.75, 3.05) is 14.2 Å². The van der Waals surface area contributed by atoms with Crippen LogP contribution in [-0.4, -0.2) is 23.8 Å². The lowest BCUT2D eigenvalue weighted by Gasteiger charge is -2.12. The first-order valence-corrected chi connectivity index (χ1v) is 8.77. The molecule has 4 nitrogen and oxygen atoms in total. The summed E-state index contributed by atoms with van der Waals surface area (Å²) in [5.74, 6) is 3.26. The number of nitrogens with zero attached hydrogens (tertiary/aromatic N) is 2. The molecule has 132 valence electrons. The molecule has 0 bridgehead atoms. The number of aryl methyl sites for hydroxylation is 1. The Bertz CT molecular complexity index is 852. The first-order chi connectivity index (χ1) is 12.1. The Morgan fingerprint density at radius 3 is 2.48 bits per heavy atom. The molecule has 2 aromatic carbocycles. The van der Waals surface area contributed by atoms with E-state index in [2.05, 4.69) is 42.7 Å². The fraction of sp³-hybridized carbons (Fsp3) is 0.381. The fourth-order valence-corrected chi connectivity index (χ4v) is 3.07. The van der Waals surface area contributed by atoms with Crippen molar-refractivity contribution in [3.05, 3.63) is 53.9 Å². The van der Waals surface area contributed by atoms with Gasteiger partial charge in [-0.15, -0.1) is 0 Å². The van der Waals surface area contributed by atoms with E-state index in [4.69, 9.17) is 14.5 Å². The van der Waals surface area contributed by atoms with E-state index < -0.39 is 0 Å². The summed E-state index contributed by atoms with van der Waals surface area (Å²) in [5, 5.41) is 0. The molecule has 0 fully saturated rings. The lowest BCUT2D eigenvalue weighted by atomic mass is 10.1. The molecule has 0 spiro atoms. The number of fused-ring (bicyclic) bond motifs is 1. The minimum Gasteiger partial charge on any atom is -0.493 e. The molecule has 0 aliphatic rings. The molecule has 4 heteroatoms. The van der Waals surface area contributed by atoms with Crippen molar-refractivity contribution in [2.45, 2.75) is 33.2 Å². The Kier molecular flexibility index (Phi) is 5.27. The van der Waals surface area contributed by atoms with Crippen LogP contribution in [0, 0.1) is 5.92 Å². The molecule has 0 saturated carbocycles. The lowest BCUT2D eigenvalue weighted by molar-refractivity contribution is 0.354. The number of rotatable bonds is 7. The van der Waals surface area contributed by atoms with E-state index in [1.165, 1.54) is 11.1 Å². The smallest absolute Gasteiger partial charge is 0.161 e. The van der Waals surface area contributed by atoms with Gasteiger partial charge in [0.25, 0.3) is 0 Å². The van der Waals surface area contributed by atoms with Gasteiger partial charge in [-0.25, -0.2) is 4.98 Å². The highest BCUT2D eigenvalue weighted by molar-refractivity contribution is 5.76. The molecule has 0 saturated heterocycles. The van der Waals surface area contributed by atoms with Gasteiger partial charge in [0.05, 0.1) is 25.3 Å². The second-order valence-electron chi connectivity index (χ2n) is 6.72. The van der Waals surface area contributed by atoms with E-state index in [0.29, 0.717) is 5.92 Å². The van der Waals surface area contributed by atoms with Crippen molar-refractivity contribution in [1.82, 2.24) is 9.55 Å². The predicted octanol–water partition coefficient (Wildman–Crippen LogP) is 4.69. The van der Waals surface area contributed by atoms with E-state index in [1.807, 2.05) is 18.2 Å². The van der Waals surface area contributed by atoms with E-state index >= 15 is 0 Å². The molecule has 0 unspecified atom stereocenters. The molecule has 25 heavy (non-hydrogen) atoms. The Morgan fingerprint density at radius 2 is 1.76 bits per heavy atom. The summed E-state index contributed by atoms with van der Waals surface area (Å²) in [6.07, 6.45) is 1.91. The first kappa shape index (κ1) is 17.3. The van der Waals surface area contributed by atoms with Crippen LogP contribution in [0.4, 0.5) is 0 Å². The quantitative estimate of drug-likeness (QED) is 0.627. The maximum absolute atomic E-state index is 5.43. The molecule has 1 aromatic heterocycles. The molecule has 0 aliphatic heterocycles. The van der Waals surface area contributed by atoms with Crippen LogP contribution in [-0.2, 0) is 13.0 Å². The van der Waals surface area contributed by atoms with Crippen molar-refractivity contribution in [3.63, 3.8) is 0 Å². The maximum Gasteiger partial charge on any atom is 0.161 e. The van der Waals surface area contributed by atoms with Gasteiger partial charge in [-0.2, -0.15) is 0 Å². The summed E-state index contributed by atoms with van der Waals surface area (Å²) in [6, 6.07) is 14.4. The Balaban J connectivity index is 1.96. The van der Waals surface area contributed by atoms with Crippen LogP contribution in [0.5, 0.6) is 11.5 Å². The van der Waals surface area contributed by atoms with Gasteiger partial charge in [0.15, 0.2) is 11.5 Å². The number of benzene rings is 2. The van der Waals surface area contributed by atoms with Gasteiger partial charge in [0.1, 0.15) is 5.82 Å². The van der Waals surface area contributed by atoms with Gasteiger partial charge in [-0.05, 0) is 42.2 Å². The molecule has 3 rings (SSSR count). The maximum atomic E-state index is 5.43. The number of methoxy groups -OCH3 is 2. The Labute approximate surface area is 149 Å². The standard InChI is InChI=1S/C21H26N2O2/c1-15(2)11-12-23-18-8-6-5-7-17(18)22-21(23)14-16-9-10-19(24-3)20(13-16)25-4/h5-10,13,15H,11-12,14H2,1-4H3. The average molecular weight is 338 g/mol. The molecular weight excluding hydrogens is 312 g/mol. The highest BCUT2D eigenvalue weighted by Crippen LogP contribution is 2.29. The van der Waals surface area contributed by atoms with Crippen LogP contribution in [0.25, 0.3) is 11.0 Å². The van der Waals surface area contributed by atoms with Crippen LogP contribution >= 0.6 is 0 Å². The SMILES string of the molecule is COc1ccc(Cc2nc3ccccc3n2CCC(C)C)cc1OC. The minimum absolute atomic E-state index is 0.662. The lowest BCUT2D eigenvalue weighted by Crippen LogP contribution is -2.07. The van der Waals surface area contributed by atoms with E-state index in [0.717, 1.165) is 42.2 Å². The van der Waals surface area contributed by atoms with Crippen LogP contribution in [0.1, 0.15) is 31.7 Å². The monoisotopic (exact) mass is 338 g/mol. The number of imidazole rings is 1. The van der Waals surface area contributed by atoms with Crippen molar-refractivity contribution in [3.8, 4) is 11.5 Å². The summed E-state index contributed by atoms with van der Waals surface area (Å²) >= 11 is 0.